The quantitative estimate of drug-likeness (QED) is 0.861. The summed E-state index contributed by atoms with van der Waals surface area (Å²) in [5.41, 5.74) is 1.17. The van der Waals surface area contributed by atoms with Crippen LogP contribution in [0, 0.1) is 0 Å². The van der Waals surface area contributed by atoms with E-state index >= 15 is 0 Å². The molecule has 1 rings (SSSR count). The summed E-state index contributed by atoms with van der Waals surface area (Å²) in [6.07, 6.45) is 1.83. The molecule has 0 radical (unpaired) electrons. The van der Waals surface area contributed by atoms with Crippen molar-refractivity contribution in [1.29, 1.82) is 0 Å². The molecule has 0 aromatic carbocycles. The molecule has 0 aliphatic heterocycles. The first-order valence-electron chi connectivity index (χ1n) is 5.07. The van der Waals surface area contributed by atoms with E-state index in [0.29, 0.717) is 12.6 Å². The monoisotopic (exact) mass is 275 g/mol. The van der Waals surface area contributed by atoms with Crippen molar-refractivity contribution in [3.63, 3.8) is 0 Å². The normalized spacial score (nSPS) is 11.3. The molecule has 0 spiro atoms. The first kappa shape index (κ1) is 12.7. The molecule has 1 aromatic heterocycles. The van der Waals surface area contributed by atoms with Gasteiger partial charge in [0, 0.05) is 19.7 Å². The van der Waals surface area contributed by atoms with Crippen molar-refractivity contribution >= 4 is 15.9 Å². The summed E-state index contributed by atoms with van der Waals surface area (Å²) < 4.78 is 8.05. The van der Waals surface area contributed by atoms with Gasteiger partial charge >= 0.3 is 0 Å². The van der Waals surface area contributed by atoms with Gasteiger partial charge in [0.15, 0.2) is 0 Å². The summed E-state index contributed by atoms with van der Waals surface area (Å²) in [5, 5.41) is 7.65. The van der Waals surface area contributed by atoms with Gasteiger partial charge in [0.1, 0.15) is 0 Å². The third-order valence-electron chi connectivity index (χ3n) is 2.08. The van der Waals surface area contributed by atoms with Crippen LogP contribution >= 0.6 is 15.9 Å². The van der Waals surface area contributed by atoms with Crippen molar-refractivity contribution in [3.05, 3.63) is 16.4 Å². The molecule has 5 heteroatoms. The number of rotatable bonds is 6. The topological polar surface area (TPSA) is 39.1 Å². The first-order valence-corrected chi connectivity index (χ1v) is 5.87. The fraction of sp³-hybridized carbons (Fsp3) is 0.700. The second-order valence-electron chi connectivity index (χ2n) is 3.69. The van der Waals surface area contributed by atoms with Crippen molar-refractivity contribution in [2.45, 2.75) is 33.0 Å². The predicted molar refractivity (Wildman–Crippen MR) is 63.8 cm³/mol. The third kappa shape index (κ3) is 3.93. The lowest BCUT2D eigenvalue weighted by Gasteiger charge is -2.11. The van der Waals surface area contributed by atoms with E-state index in [1.807, 2.05) is 10.9 Å². The molecule has 1 aromatic rings. The Kier molecular flexibility index (Phi) is 5.28. The molecule has 1 heterocycles. The van der Waals surface area contributed by atoms with E-state index in [1.54, 1.807) is 7.11 Å². The molecule has 0 saturated heterocycles. The van der Waals surface area contributed by atoms with Crippen LogP contribution in [-0.2, 0) is 17.8 Å². The van der Waals surface area contributed by atoms with Gasteiger partial charge in [-0.05, 0) is 15.9 Å². The Labute approximate surface area is 99.1 Å². The molecule has 86 valence electrons. The van der Waals surface area contributed by atoms with Gasteiger partial charge in [0.05, 0.1) is 29.5 Å². The Hall–Kier alpha value is -0.390. The largest absolute Gasteiger partial charge is 0.383 e. The number of nitrogens with one attached hydrogen (secondary N) is 1. The molecule has 4 nitrogen and oxygen atoms in total. The molecule has 0 amide bonds. The van der Waals surface area contributed by atoms with Gasteiger partial charge in [-0.1, -0.05) is 13.8 Å². The molecule has 0 bridgehead atoms. The van der Waals surface area contributed by atoms with Crippen LogP contribution in [0.3, 0.4) is 0 Å². The van der Waals surface area contributed by atoms with Crippen LogP contribution in [0.2, 0.25) is 0 Å². The maximum absolute atomic E-state index is 5.04. The lowest BCUT2D eigenvalue weighted by Crippen LogP contribution is -2.24. The number of ether oxygens (including phenoxy) is 1. The highest BCUT2D eigenvalue weighted by Crippen LogP contribution is 2.15. The minimum absolute atomic E-state index is 0.475. The highest BCUT2D eigenvalue weighted by atomic mass is 79.9. The number of hydrogen-bond acceptors (Lipinski definition) is 3. The number of aromatic nitrogens is 2. The van der Waals surface area contributed by atoms with Gasteiger partial charge in [0.2, 0.25) is 0 Å². The maximum Gasteiger partial charge on any atom is 0.0665 e. The highest BCUT2D eigenvalue weighted by molar-refractivity contribution is 9.10. The van der Waals surface area contributed by atoms with E-state index in [4.69, 9.17) is 4.74 Å². The lowest BCUT2D eigenvalue weighted by molar-refractivity contribution is 0.182. The molecule has 0 aliphatic rings. The van der Waals surface area contributed by atoms with Crippen LogP contribution in [0.15, 0.2) is 10.7 Å². The van der Waals surface area contributed by atoms with Gasteiger partial charge < -0.3 is 10.1 Å². The zero-order valence-corrected chi connectivity index (χ0v) is 11.0. The van der Waals surface area contributed by atoms with E-state index in [9.17, 15) is 0 Å². The second-order valence-corrected chi connectivity index (χ2v) is 4.55. The van der Waals surface area contributed by atoms with E-state index in [1.165, 1.54) is 5.69 Å². The van der Waals surface area contributed by atoms with Crippen molar-refractivity contribution in [1.82, 2.24) is 15.1 Å². The summed E-state index contributed by atoms with van der Waals surface area (Å²) >= 11 is 3.50. The fourth-order valence-corrected chi connectivity index (χ4v) is 1.67. The number of methoxy groups -OCH3 is 1. The van der Waals surface area contributed by atoms with E-state index < -0.39 is 0 Å². The maximum atomic E-state index is 5.04. The van der Waals surface area contributed by atoms with Crippen molar-refractivity contribution in [3.8, 4) is 0 Å². The van der Waals surface area contributed by atoms with Crippen LogP contribution < -0.4 is 5.32 Å². The fourth-order valence-electron chi connectivity index (χ4n) is 1.23. The number of nitrogens with zero attached hydrogens (tertiary/aromatic N) is 2. The van der Waals surface area contributed by atoms with Gasteiger partial charge in [-0.2, -0.15) is 5.10 Å². The van der Waals surface area contributed by atoms with Gasteiger partial charge in [-0.25, -0.2) is 0 Å². The summed E-state index contributed by atoms with van der Waals surface area (Å²) in [6.45, 7) is 6.55. The Morgan fingerprint density at radius 1 is 1.60 bits per heavy atom. The van der Waals surface area contributed by atoms with Crippen LogP contribution in [0.5, 0.6) is 0 Å². The van der Waals surface area contributed by atoms with E-state index in [-0.39, 0.29) is 0 Å². The first-order chi connectivity index (χ1) is 7.15. The average Bonchev–Trinajstić information content (AvgIpc) is 2.53. The Bertz CT molecular complexity index is 299. The molecule has 1 N–H and O–H groups in total. The minimum atomic E-state index is 0.475. The molecular formula is C10H18BrN3O. The lowest BCUT2D eigenvalue weighted by atomic mass is 10.3. The number of halogens is 1. The molecule has 0 saturated carbocycles. The van der Waals surface area contributed by atoms with Crippen LogP contribution in [-0.4, -0.2) is 29.5 Å². The van der Waals surface area contributed by atoms with Crippen LogP contribution in [0.1, 0.15) is 19.5 Å². The van der Waals surface area contributed by atoms with Gasteiger partial charge in [-0.3, -0.25) is 4.68 Å². The molecule has 0 fully saturated rings. The van der Waals surface area contributed by atoms with Gasteiger partial charge in [0.25, 0.3) is 0 Å². The molecule has 0 aliphatic carbocycles. The van der Waals surface area contributed by atoms with Crippen LogP contribution in [0.25, 0.3) is 0 Å². The predicted octanol–water partition coefficient (Wildman–Crippen LogP) is 1.79. The number of hydrogen-bond donors (Lipinski definition) is 1. The summed E-state index contributed by atoms with van der Waals surface area (Å²) in [4.78, 5) is 0. The smallest absolute Gasteiger partial charge is 0.0665 e. The van der Waals surface area contributed by atoms with Crippen molar-refractivity contribution < 1.29 is 4.74 Å². The van der Waals surface area contributed by atoms with Gasteiger partial charge in [-0.15, -0.1) is 0 Å². The molecule has 0 atom stereocenters. The zero-order chi connectivity index (χ0) is 11.3. The van der Waals surface area contributed by atoms with E-state index in [2.05, 4.69) is 40.2 Å². The zero-order valence-electron chi connectivity index (χ0n) is 9.46. The standard InChI is InChI=1S/C10H18BrN3O/c1-8(2)12-7-10-9(11)6-13-14(10)4-5-15-3/h6,8,12H,4-5,7H2,1-3H3. The van der Waals surface area contributed by atoms with Crippen molar-refractivity contribution in [2.24, 2.45) is 0 Å². The summed E-state index contributed by atoms with van der Waals surface area (Å²) in [7, 11) is 1.70. The Morgan fingerprint density at radius 3 is 2.93 bits per heavy atom. The third-order valence-corrected chi connectivity index (χ3v) is 2.75. The molecule has 0 unspecified atom stereocenters. The molecule has 15 heavy (non-hydrogen) atoms. The Balaban J connectivity index is 2.62. The molecular weight excluding hydrogens is 258 g/mol. The van der Waals surface area contributed by atoms with Crippen LogP contribution in [0.4, 0.5) is 0 Å². The summed E-state index contributed by atoms with van der Waals surface area (Å²) in [6, 6.07) is 0.475. The average molecular weight is 276 g/mol. The summed E-state index contributed by atoms with van der Waals surface area (Å²) in [5.74, 6) is 0. The van der Waals surface area contributed by atoms with Crippen molar-refractivity contribution in [2.75, 3.05) is 13.7 Å². The van der Waals surface area contributed by atoms with E-state index in [0.717, 1.165) is 17.6 Å². The Morgan fingerprint density at radius 2 is 2.33 bits per heavy atom. The minimum Gasteiger partial charge on any atom is -0.383 e. The second kappa shape index (κ2) is 6.25. The highest BCUT2D eigenvalue weighted by Gasteiger charge is 2.08. The SMILES string of the molecule is COCCn1ncc(Br)c1CNC(C)C.